The molecule has 35 heavy (non-hydrogen) atoms. The number of anilines is 2. The molecule has 0 aliphatic carbocycles. The van der Waals surface area contributed by atoms with Gasteiger partial charge in [0.2, 0.25) is 0 Å². The molecule has 0 saturated carbocycles. The average molecular weight is 485 g/mol. The van der Waals surface area contributed by atoms with Crippen LogP contribution < -0.4 is 10.6 Å². The van der Waals surface area contributed by atoms with Crippen molar-refractivity contribution in [2.45, 2.75) is 18.9 Å². The third-order valence-corrected chi connectivity index (χ3v) is 6.31. The average Bonchev–Trinajstić information content (AvgIpc) is 3.28. The number of hydrogen-bond donors (Lipinski definition) is 3. The number of nitrogens with one attached hydrogen (secondary N) is 2. The van der Waals surface area contributed by atoms with E-state index < -0.39 is 6.09 Å². The number of ether oxygens (including phenoxy) is 1. The Morgan fingerprint density at radius 3 is 2.86 bits per heavy atom. The van der Waals surface area contributed by atoms with Crippen molar-refractivity contribution < 1.29 is 19.0 Å². The molecule has 11 nitrogen and oxygen atoms in total. The standard InChI is InChI=1S/C23H29FN8O3/c24-16-3-4-21-26-13-18(32(21)14-16)22-28-19(25-5-7-30-8-10-35-11-9-30)12-20(29-22)27-17-2-1-6-31(15-17)23(33)34/h3-4,12-14,17H,1-2,5-11,15H2,(H,33,34)(H2,25,27,28,29). The Labute approximate surface area is 201 Å². The fraction of sp³-hybridized carbons (Fsp3) is 0.478. The number of rotatable bonds is 7. The summed E-state index contributed by atoms with van der Waals surface area (Å²) >= 11 is 0. The van der Waals surface area contributed by atoms with Gasteiger partial charge in [-0.2, -0.15) is 0 Å². The minimum absolute atomic E-state index is 0.0663. The van der Waals surface area contributed by atoms with Crippen LogP contribution in [0.3, 0.4) is 0 Å². The van der Waals surface area contributed by atoms with E-state index in [1.54, 1.807) is 16.7 Å². The highest BCUT2D eigenvalue weighted by atomic mass is 19.1. The molecule has 12 heteroatoms. The first-order valence-corrected chi connectivity index (χ1v) is 11.9. The van der Waals surface area contributed by atoms with Gasteiger partial charge in [-0.1, -0.05) is 0 Å². The molecule has 5 heterocycles. The van der Waals surface area contributed by atoms with Crippen LogP contribution in [0, 0.1) is 5.82 Å². The van der Waals surface area contributed by atoms with Crippen LogP contribution in [0.2, 0.25) is 0 Å². The zero-order chi connectivity index (χ0) is 24.2. The van der Waals surface area contributed by atoms with E-state index >= 15 is 0 Å². The van der Waals surface area contributed by atoms with Gasteiger partial charge in [-0.05, 0) is 25.0 Å². The van der Waals surface area contributed by atoms with Gasteiger partial charge in [0, 0.05) is 57.6 Å². The Kier molecular flexibility index (Phi) is 6.91. The minimum atomic E-state index is -0.918. The number of piperidine rings is 1. The number of pyridine rings is 1. The largest absolute Gasteiger partial charge is 0.465 e. The van der Waals surface area contributed by atoms with Crippen LogP contribution in [-0.4, -0.2) is 98.9 Å². The van der Waals surface area contributed by atoms with Crippen LogP contribution in [0.15, 0.2) is 30.6 Å². The molecule has 0 spiro atoms. The molecule has 2 fully saturated rings. The second-order valence-electron chi connectivity index (χ2n) is 8.77. The Morgan fingerprint density at radius 1 is 1.20 bits per heavy atom. The van der Waals surface area contributed by atoms with Gasteiger partial charge in [0.25, 0.3) is 0 Å². The number of fused-ring (bicyclic) bond motifs is 1. The first-order chi connectivity index (χ1) is 17.0. The van der Waals surface area contributed by atoms with Gasteiger partial charge in [-0.3, -0.25) is 9.30 Å². The van der Waals surface area contributed by atoms with Crippen LogP contribution in [0.25, 0.3) is 17.2 Å². The van der Waals surface area contributed by atoms with E-state index in [0.717, 1.165) is 45.7 Å². The molecule has 3 aromatic rings. The number of nitrogens with zero attached hydrogens (tertiary/aromatic N) is 6. The maximum atomic E-state index is 13.9. The van der Waals surface area contributed by atoms with Crippen molar-refractivity contribution in [2.75, 3.05) is 63.1 Å². The first-order valence-electron chi connectivity index (χ1n) is 11.9. The number of carbonyl (C=O) groups is 1. The number of amides is 1. The lowest BCUT2D eigenvalue weighted by Gasteiger charge is -2.31. The third-order valence-electron chi connectivity index (χ3n) is 6.31. The summed E-state index contributed by atoms with van der Waals surface area (Å²) in [4.78, 5) is 28.9. The molecule has 2 aliphatic heterocycles. The van der Waals surface area contributed by atoms with Gasteiger partial charge in [-0.25, -0.2) is 24.1 Å². The van der Waals surface area contributed by atoms with Crippen LogP contribution in [0.4, 0.5) is 20.8 Å². The molecule has 3 aromatic heterocycles. The number of carboxylic acid groups (broad SMARTS) is 1. The summed E-state index contributed by atoms with van der Waals surface area (Å²) in [6.07, 6.45) is 3.68. The van der Waals surface area contributed by atoms with Crippen molar-refractivity contribution in [3.8, 4) is 11.5 Å². The summed E-state index contributed by atoms with van der Waals surface area (Å²) in [5.41, 5.74) is 1.16. The second-order valence-corrected chi connectivity index (χ2v) is 8.77. The van der Waals surface area contributed by atoms with Crippen molar-refractivity contribution in [2.24, 2.45) is 0 Å². The van der Waals surface area contributed by atoms with Gasteiger partial charge in [0.1, 0.15) is 28.8 Å². The van der Waals surface area contributed by atoms with Gasteiger partial charge >= 0.3 is 6.09 Å². The fourth-order valence-corrected chi connectivity index (χ4v) is 4.49. The second kappa shape index (κ2) is 10.4. The predicted octanol–water partition coefficient (Wildman–Crippen LogP) is 2.23. The van der Waals surface area contributed by atoms with E-state index in [9.17, 15) is 14.3 Å². The summed E-state index contributed by atoms with van der Waals surface area (Å²) in [6, 6.07) is 4.72. The monoisotopic (exact) mass is 484 g/mol. The van der Waals surface area contributed by atoms with Crippen molar-refractivity contribution in [1.29, 1.82) is 0 Å². The van der Waals surface area contributed by atoms with Crippen molar-refractivity contribution >= 4 is 23.4 Å². The molecule has 2 saturated heterocycles. The normalized spacial score (nSPS) is 19.1. The smallest absolute Gasteiger partial charge is 0.407 e. The summed E-state index contributed by atoms with van der Waals surface area (Å²) in [5.74, 6) is 1.22. The molecule has 0 aromatic carbocycles. The maximum absolute atomic E-state index is 13.9. The van der Waals surface area contributed by atoms with Crippen LogP contribution in [-0.2, 0) is 4.74 Å². The van der Waals surface area contributed by atoms with Crippen molar-refractivity contribution in [1.82, 2.24) is 29.2 Å². The number of likely N-dealkylation sites (tertiary alicyclic amines) is 1. The number of halogens is 1. The highest BCUT2D eigenvalue weighted by Crippen LogP contribution is 2.24. The minimum Gasteiger partial charge on any atom is -0.465 e. The summed E-state index contributed by atoms with van der Waals surface area (Å²) in [7, 11) is 0. The molecule has 1 amide bonds. The van der Waals surface area contributed by atoms with E-state index in [-0.39, 0.29) is 11.9 Å². The molecule has 3 N–H and O–H groups in total. The van der Waals surface area contributed by atoms with Crippen molar-refractivity contribution in [3.05, 3.63) is 36.4 Å². The first kappa shape index (κ1) is 23.2. The number of imidazole rings is 1. The molecule has 2 aliphatic rings. The summed E-state index contributed by atoms with van der Waals surface area (Å²) in [6.45, 7) is 5.74. The molecule has 5 rings (SSSR count). The molecule has 0 bridgehead atoms. The highest BCUT2D eigenvalue weighted by molar-refractivity contribution is 5.65. The lowest BCUT2D eigenvalue weighted by Crippen LogP contribution is -2.44. The molecule has 1 atom stereocenters. The van der Waals surface area contributed by atoms with Crippen LogP contribution in [0.5, 0.6) is 0 Å². The topological polar surface area (TPSA) is 120 Å². The van der Waals surface area contributed by atoms with Gasteiger partial charge in [0.05, 0.1) is 19.4 Å². The lowest BCUT2D eigenvalue weighted by atomic mass is 10.1. The zero-order valence-corrected chi connectivity index (χ0v) is 19.4. The number of aromatic nitrogens is 4. The van der Waals surface area contributed by atoms with Crippen LogP contribution in [0.1, 0.15) is 12.8 Å². The van der Waals surface area contributed by atoms with E-state index in [2.05, 4.69) is 30.5 Å². The van der Waals surface area contributed by atoms with E-state index in [1.165, 1.54) is 17.2 Å². The third kappa shape index (κ3) is 5.60. The Hall–Kier alpha value is -3.51. The summed E-state index contributed by atoms with van der Waals surface area (Å²) in [5, 5.41) is 16.1. The van der Waals surface area contributed by atoms with E-state index in [1.807, 2.05) is 6.07 Å². The molecular formula is C23H29FN8O3. The lowest BCUT2D eigenvalue weighted by molar-refractivity contribution is 0.0398. The number of morpholine rings is 1. The summed E-state index contributed by atoms with van der Waals surface area (Å²) < 4.78 is 21.0. The SMILES string of the molecule is O=C(O)N1CCCC(Nc2cc(NCCN3CCOCC3)nc(-c3cnc4ccc(F)cn34)n2)C1. The highest BCUT2D eigenvalue weighted by Gasteiger charge is 2.24. The Morgan fingerprint density at radius 2 is 2.03 bits per heavy atom. The van der Waals surface area contributed by atoms with Gasteiger partial charge in [0.15, 0.2) is 5.82 Å². The van der Waals surface area contributed by atoms with Gasteiger partial charge < -0.3 is 25.4 Å². The molecule has 0 radical (unpaired) electrons. The van der Waals surface area contributed by atoms with Gasteiger partial charge in [-0.15, -0.1) is 0 Å². The number of hydrogen-bond acceptors (Lipinski definition) is 8. The zero-order valence-electron chi connectivity index (χ0n) is 19.4. The molecule has 186 valence electrons. The fourth-order valence-electron chi connectivity index (χ4n) is 4.49. The van der Waals surface area contributed by atoms with E-state index in [0.29, 0.717) is 48.4 Å². The van der Waals surface area contributed by atoms with Crippen molar-refractivity contribution in [3.63, 3.8) is 0 Å². The predicted molar refractivity (Wildman–Crippen MR) is 128 cm³/mol. The van der Waals surface area contributed by atoms with E-state index in [4.69, 9.17) is 4.74 Å². The molecule has 1 unspecified atom stereocenters. The Bertz CT molecular complexity index is 1180. The molecular weight excluding hydrogens is 455 g/mol. The quantitative estimate of drug-likeness (QED) is 0.464. The Balaban J connectivity index is 1.39. The van der Waals surface area contributed by atoms with Crippen LogP contribution >= 0.6 is 0 Å². The maximum Gasteiger partial charge on any atom is 0.407 e.